The maximum absolute atomic E-state index is 13.9. The van der Waals surface area contributed by atoms with Crippen LogP contribution in [0.4, 0.5) is 27.6 Å². The monoisotopic (exact) mass is 439 g/mol. The zero-order chi connectivity index (χ0) is 22.9. The van der Waals surface area contributed by atoms with Crippen LogP contribution >= 0.6 is 0 Å². The van der Waals surface area contributed by atoms with Gasteiger partial charge in [0.05, 0.1) is 17.3 Å². The summed E-state index contributed by atoms with van der Waals surface area (Å²) in [5.74, 6) is -7.25. The fourth-order valence-electron chi connectivity index (χ4n) is 3.40. The molecule has 0 aliphatic carbocycles. The molecule has 2 aromatic rings. The van der Waals surface area contributed by atoms with Crippen LogP contribution in [0.3, 0.4) is 0 Å². The van der Waals surface area contributed by atoms with Crippen LogP contribution in [0, 0.1) is 28.9 Å². The van der Waals surface area contributed by atoms with E-state index in [2.05, 4.69) is 10.1 Å². The first-order valence-electron chi connectivity index (χ1n) is 8.81. The normalized spacial score (nSPS) is 18.6. The van der Waals surface area contributed by atoms with Crippen molar-refractivity contribution in [3.63, 3.8) is 0 Å². The van der Waals surface area contributed by atoms with E-state index >= 15 is 0 Å². The van der Waals surface area contributed by atoms with Crippen molar-refractivity contribution < 1.29 is 36.3 Å². The van der Waals surface area contributed by atoms with Crippen LogP contribution < -0.4 is 10.1 Å². The molecule has 2 aromatic carbocycles. The Labute approximate surface area is 172 Å². The molecule has 162 valence electrons. The second-order valence-corrected chi connectivity index (χ2v) is 6.84. The number of likely N-dealkylation sites (N-methyl/N-ethyl adjacent to an activating group) is 1. The van der Waals surface area contributed by atoms with Crippen LogP contribution in [0.1, 0.15) is 17.0 Å². The van der Waals surface area contributed by atoms with Gasteiger partial charge < -0.3 is 15.0 Å². The zero-order valence-electron chi connectivity index (χ0n) is 15.8. The number of alkyl halides is 3. The fraction of sp³-hybridized carbons (Fsp3) is 0.250. The van der Waals surface area contributed by atoms with Gasteiger partial charge in [-0.3, -0.25) is 9.59 Å². The first kappa shape index (κ1) is 22.0. The molecule has 1 saturated heterocycles. The van der Waals surface area contributed by atoms with E-state index in [-0.39, 0.29) is 17.7 Å². The number of amides is 2. The summed E-state index contributed by atoms with van der Waals surface area (Å²) >= 11 is 0. The largest absolute Gasteiger partial charge is 0.573 e. The summed E-state index contributed by atoms with van der Waals surface area (Å²) in [5, 5.41) is 11.3. The first-order valence-corrected chi connectivity index (χ1v) is 8.81. The molecule has 1 heterocycles. The third kappa shape index (κ3) is 4.74. The Kier molecular flexibility index (Phi) is 5.83. The number of likely N-dealkylation sites (tertiary alicyclic amines) is 1. The summed E-state index contributed by atoms with van der Waals surface area (Å²) in [5.41, 5.74) is -0.581. The van der Waals surface area contributed by atoms with E-state index in [1.54, 1.807) is 6.07 Å². The number of benzene rings is 2. The lowest BCUT2D eigenvalue weighted by molar-refractivity contribution is -0.274. The van der Waals surface area contributed by atoms with Crippen molar-refractivity contribution in [2.24, 2.45) is 5.92 Å². The van der Waals surface area contributed by atoms with Crippen LogP contribution in [-0.2, 0) is 9.59 Å². The highest BCUT2D eigenvalue weighted by Crippen LogP contribution is 2.37. The molecule has 6 nitrogen and oxygen atoms in total. The van der Waals surface area contributed by atoms with E-state index in [0.29, 0.717) is 0 Å². The molecule has 1 aliphatic rings. The van der Waals surface area contributed by atoms with Gasteiger partial charge in [0, 0.05) is 19.5 Å². The van der Waals surface area contributed by atoms with Gasteiger partial charge >= 0.3 is 6.36 Å². The number of anilines is 1. The number of hydrogen-bond acceptors (Lipinski definition) is 4. The molecule has 2 unspecified atom stereocenters. The Hall–Kier alpha value is -3.68. The third-order valence-corrected chi connectivity index (χ3v) is 4.73. The lowest BCUT2D eigenvalue weighted by Crippen LogP contribution is -2.33. The zero-order valence-corrected chi connectivity index (χ0v) is 15.8. The average Bonchev–Trinajstić information content (AvgIpc) is 2.98. The lowest BCUT2D eigenvalue weighted by atomic mass is 9.87. The first-order chi connectivity index (χ1) is 14.5. The highest BCUT2D eigenvalue weighted by atomic mass is 19.4. The second kappa shape index (κ2) is 8.22. The van der Waals surface area contributed by atoms with E-state index in [1.165, 1.54) is 18.0 Å². The van der Waals surface area contributed by atoms with E-state index < -0.39 is 53.1 Å². The van der Waals surface area contributed by atoms with Crippen LogP contribution in [0.5, 0.6) is 5.75 Å². The van der Waals surface area contributed by atoms with Gasteiger partial charge in [-0.1, -0.05) is 6.07 Å². The average molecular weight is 439 g/mol. The van der Waals surface area contributed by atoms with Gasteiger partial charge in [-0.25, -0.2) is 8.78 Å². The molecule has 3 rings (SSSR count). The number of nitrogens with zero attached hydrogens (tertiary/aromatic N) is 2. The van der Waals surface area contributed by atoms with Crippen molar-refractivity contribution in [1.82, 2.24) is 4.90 Å². The minimum atomic E-state index is -5.01. The summed E-state index contributed by atoms with van der Waals surface area (Å²) in [7, 11) is 1.38. The molecule has 1 N–H and O–H groups in total. The van der Waals surface area contributed by atoms with Crippen molar-refractivity contribution in [3.8, 4) is 11.8 Å². The summed E-state index contributed by atoms with van der Waals surface area (Å²) in [6, 6.07) is 7.89. The number of halogens is 5. The summed E-state index contributed by atoms with van der Waals surface area (Å²) in [6.07, 6.45) is -5.01. The molecule has 31 heavy (non-hydrogen) atoms. The smallest absolute Gasteiger partial charge is 0.406 e. The lowest BCUT2D eigenvalue weighted by Gasteiger charge is -2.19. The Balaban J connectivity index is 1.97. The number of hydrogen-bond donors (Lipinski definition) is 1. The number of carbonyl (C=O) groups is 2. The molecule has 2 amide bonds. The van der Waals surface area contributed by atoms with Crippen molar-refractivity contribution in [2.75, 3.05) is 18.9 Å². The van der Waals surface area contributed by atoms with Crippen molar-refractivity contribution in [3.05, 3.63) is 59.2 Å². The Morgan fingerprint density at radius 2 is 1.97 bits per heavy atom. The Morgan fingerprint density at radius 3 is 2.61 bits per heavy atom. The van der Waals surface area contributed by atoms with Gasteiger partial charge in [0.15, 0.2) is 11.6 Å². The van der Waals surface area contributed by atoms with Crippen molar-refractivity contribution >= 4 is 17.5 Å². The molecule has 2 atom stereocenters. The molecule has 0 aromatic heterocycles. The highest BCUT2D eigenvalue weighted by molar-refractivity contribution is 6.08. The van der Waals surface area contributed by atoms with E-state index in [4.69, 9.17) is 5.26 Å². The summed E-state index contributed by atoms with van der Waals surface area (Å²) in [4.78, 5) is 26.5. The maximum Gasteiger partial charge on any atom is 0.573 e. The number of ether oxygens (including phenoxy) is 1. The molecule has 0 saturated carbocycles. The van der Waals surface area contributed by atoms with Crippen molar-refractivity contribution in [2.45, 2.75) is 12.3 Å². The van der Waals surface area contributed by atoms with Gasteiger partial charge in [-0.15, -0.1) is 13.2 Å². The molecule has 0 spiro atoms. The second-order valence-electron chi connectivity index (χ2n) is 6.84. The molecular weight excluding hydrogens is 425 g/mol. The molecule has 1 fully saturated rings. The van der Waals surface area contributed by atoms with Gasteiger partial charge in [0.1, 0.15) is 11.7 Å². The van der Waals surface area contributed by atoms with Gasteiger partial charge in [-0.05, 0) is 35.9 Å². The van der Waals surface area contributed by atoms with Gasteiger partial charge in [0.2, 0.25) is 11.8 Å². The summed E-state index contributed by atoms with van der Waals surface area (Å²) in [6.45, 7) is -0.0527. The Bertz CT molecular complexity index is 1080. The molecule has 1 aliphatic heterocycles. The van der Waals surface area contributed by atoms with Crippen LogP contribution in [0.15, 0.2) is 36.4 Å². The number of carbonyl (C=O) groups excluding carboxylic acids is 2. The van der Waals surface area contributed by atoms with Crippen LogP contribution in [0.2, 0.25) is 0 Å². The minimum absolute atomic E-state index is 0.0527. The molecule has 0 radical (unpaired) electrons. The topological polar surface area (TPSA) is 82.4 Å². The maximum atomic E-state index is 13.9. The third-order valence-electron chi connectivity index (χ3n) is 4.73. The Morgan fingerprint density at radius 1 is 1.26 bits per heavy atom. The number of rotatable bonds is 4. The number of nitriles is 1. The predicted molar refractivity (Wildman–Crippen MR) is 96.7 cm³/mol. The van der Waals surface area contributed by atoms with Crippen LogP contribution in [-0.4, -0.2) is 36.7 Å². The molecule has 0 bridgehead atoms. The van der Waals surface area contributed by atoms with Gasteiger partial charge in [-0.2, -0.15) is 5.26 Å². The van der Waals surface area contributed by atoms with E-state index in [0.717, 1.165) is 30.3 Å². The van der Waals surface area contributed by atoms with E-state index in [9.17, 15) is 31.5 Å². The molecular formula is C20H14F5N3O3. The fourth-order valence-corrected chi connectivity index (χ4v) is 3.40. The van der Waals surface area contributed by atoms with E-state index in [1.807, 2.05) is 0 Å². The molecule has 11 heteroatoms. The minimum Gasteiger partial charge on any atom is -0.406 e. The van der Waals surface area contributed by atoms with Gasteiger partial charge in [0.25, 0.3) is 0 Å². The van der Waals surface area contributed by atoms with Crippen molar-refractivity contribution in [1.29, 1.82) is 5.26 Å². The van der Waals surface area contributed by atoms with Crippen LogP contribution in [0.25, 0.3) is 0 Å². The quantitative estimate of drug-likeness (QED) is 0.584. The SMILES string of the molecule is CN1CC(c2cc(C#N)cc(OC(F)(F)F)c2)C(C(=O)Nc2cccc(F)c2F)C1=O. The number of nitrogens with one attached hydrogen (secondary N) is 1. The summed E-state index contributed by atoms with van der Waals surface area (Å²) < 4.78 is 69.1. The highest BCUT2D eigenvalue weighted by Gasteiger charge is 2.45. The predicted octanol–water partition coefficient (Wildman–Crippen LogP) is 3.55. The standard InChI is InChI=1S/C20H14F5N3O3/c1-28-9-13(11-5-10(8-26)6-12(7-11)31-20(23,24)25)16(19(28)30)18(29)27-15-4-2-3-14(21)17(15)22/h2-7,13,16H,9H2,1H3,(H,27,29).